The molecule has 6 amide bonds. The SMILES string of the molecule is CCCCC[C@@H](C(=O)NCNC(=O)c1ccc(-c2cc(OCC)cc(O[PH](=O)Oc3cc(OCC)cc(-c4ccc(C(=O)NCNC(=O)[C@H](CCCCC)[C@@H](CC)N(C=O)OC(=O)c5ccc(OC)cc5C(C)C)o4)c3)c2)o1)[C@@H](CC)N(C=O)OC(=O)c1ccc(OC)cc1C(C)C. The molecule has 4 N–H and O–H groups in total. The van der Waals surface area contributed by atoms with Crippen molar-refractivity contribution in [1.29, 1.82) is 0 Å². The van der Waals surface area contributed by atoms with E-state index in [9.17, 15) is 42.9 Å². The molecule has 0 aliphatic rings. The smallest absolute Gasteiger partial charge is 0.418 e. The van der Waals surface area contributed by atoms with E-state index in [0.717, 1.165) is 35.8 Å². The highest BCUT2D eigenvalue weighted by Gasteiger charge is 2.36. The summed E-state index contributed by atoms with van der Waals surface area (Å²) >= 11 is 0. The molecule has 6 rings (SSSR count). The molecule has 0 aliphatic carbocycles. The average molecular weight is 1380 g/mol. The van der Waals surface area contributed by atoms with E-state index < -0.39 is 67.7 Å². The molecule has 0 spiro atoms. The number of furan rings is 2. The van der Waals surface area contributed by atoms with Crippen LogP contribution in [0.5, 0.6) is 34.5 Å². The third kappa shape index (κ3) is 21.6. The van der Waals surface area contributed by atoms with E-state index >= 15 is 0 Å². The zero-order valence-electron chi connectivity index (χ0n) is 57.9. The summed E-state index contributed by atoms with van der Waals surface area (Å²) in [6, 6.07) is 23.5. The number of ether oxygens (including phenoxy) is 4. The molecule has 0 saturated carbocycles. The van der Waals surface area contributed by atoms with E-state index in [-0.39, 0.29) is 96.9 Å². The molecule has 0 fully saturated rings. The highest BCUT2D eigenvalue weighted by Crippen LogP contribution is 2.40. The highest BCUT2D eigenvalue weighted by atomic mass is 31.1. The molecule has 6 aromatic rings. The summed E-state index contributed by atoms with van der Waals surface area (Å²) in [4.78, 5) is 119. The molecular weight excluding hydrogens is 1280 g/mol. The van der Waals surface area contributed by atoms with Crippen LogP contribution >= 0.6 is 8.25 Å². The maximum atomic E-state index is 14.0. The minimum Gasteiger partial charge on any atom is -0.497 e. The van der Waals surface area contributed by atoms with Crippen LogP contribution in [0.15, 0.2) is 106 Å². The molecule has 0 aliphatic heterocycles. The van der Waals surface area contributed by atoms with Gasteiger partial charge in [0.25, 0.3) is 11.8 Å². The second-order valence-corrected chi connectivity index (χ2v) is 24.4. The lowest BCUT2D eigenvalue weighted by molar-refractivity contribution is -0.171. The van der Waals surface area contributed by atoms with Crippen molar-refractivity contribution in [2.45, 2.75) is 157 Å². The van der Waals surface area contributed by atoms with Crippen LogP contribution in [0.25, 0.3) is 22.6 Å². The lowest BCUT2D eigenvalue weighted by Crippen LogP contribution is -2.49. The van der Waals surface area contributed by atoms with E-state index in [1.165, 1.54) is 50.6 Å². The molecule has 4 aromatic carbocycles. The molecular formula is C72H93N6O19P. The molecule has 98 heavy (non-hydrogen) atoms. The molecule has 2 aromatic heterocycles. The van der Waals surface area contributed by atoms with E-state index in [2.05, 4.69) is 21.3 Å². The van der Waals surface area contributed by atoms with Gasteiger partial charge < -0.3 is 67.8 Å². The molecule has 0 unspecified atom stereocenters. The van der Waals surface area contributed by atoms with Gasteiger partial charge in [0.1, 0.15) is 46.0 Å². The van der Waals surface area contributed by atoms with Gasteiger partial charge in [0, 0.05) is 23.3 Å². The molecule has 530 valence electrons. The number of nitrogens with one attached hydrogen (secondary N) is 4. The van der Waals surface area contributed by atoms with Crippen LogP contribution in [0.2, 0.25) is 0 Å². The van der Waals surface area contributed by atoms with E-state index in [0.29, 0.717) is 83.8 Å². The molecule has 2 heterocycles. The number of hydroxylamine groups is 4. The number of carbonyl (C=O) groups is 8. The van der Waals surface area contributed by atoms with E-state index in [1.807, 2.05) is 41.5 Å². The average Bonchev–Trinajstić information content (AvgIpc) is 1.17. The molecule has 26 heteroatoms. The van der Waals surface area contributed by atoms with Gasteiger partial charge in [-0.05, 0) is 147 Å². The number of benzene rings is 4. The number of hydrogen-bond donors (Lipinski definition) is 4. The van der Waals surface area contributed by atoms with Crippen molar-refractivity contribution in [3.8, 4) is 57.1 Å². The summed E-state index contributed by atoms with van der Waals surface area (Å²) in [6.07, 6.45) is 6.68. The molecule has 4 atom stereocenters. The Balaban J connectivity index is 1.08. The quantitative estimate of drug-likeness (QED) is 0.00910. The van der Waals surface area contributed by atoms with Crippen molar-refractivity contribution in [2.24, 2.45) is 11.8 Å². The fourth-order valence-electron chi connectivity index (χ4n) is 11.1. The second-order valence-electron chi connectivity index (χ2n) is 23.5. The van der Waals surface area contributed by atoms with Crippen LogP contribution in [-0.4, -0.2) is 111 Å². The number of amides is 6. The number of nitrogens with zero attached hydrogens (tertiary/aromatic N) is 2. The topological polar surface area (TPSA) is 308 Å². The normalized spacial score (nSPS) is 12.3. The van der Waals surface area contributed by atoms with Gasteiger partial charge in [-0.2, -0.15) is 10.1 Å². The Morgan fingerprint density at radius 2 is 0.878 bits per heavy atom. The number of carbonyl (C=O) groups excluding carboxylic acids is 8. The van der Waals surface area contributed by atoms with Crippen molar-refractivity contribution in [2.75, 3.05) is 40.8 Å². The zero-order valence-corrected chi connectivity index (χ0v) is 58.9. The van der Waals surface area contributed by atoms with Crippen LogP contribution in [0.1, 0.15) is 198 Å². The van der Waals surface area contributed by atoms with E-state index in [4.69, 9.17) is 46.5 Å². The van der Waals surface area contributed by atoms with Gasteiger partial charge in [-0.3, -0.25) is 28.8 Å². The van der Waals surface area contributed by atoms with Gasteiger partial charge in [-0.1, -0.05) is 93.9 Å². The Labute approximate surface area is 573 Å². The Morgan fingerprint density at radius 1 is 0.490 bits per heavy atom. The summed E-state index contributed by atoms with van der Waals surface area (Å²) in [6.45, 7) is 18.7. The van der Waals surface area contributed by atoms with Crippen LogP contribution in [-0.2, 0) is 33.4 Å². The Kier molecular flexibility index (Phi) is 30.6. The Morgan fingerprint density at radius 3 is 1.21 bits per heavy atom. The zero-order chi connectivity index (χ0) is 71.4. The first-order valence-corrected chi connectivity index (χ1v) is 34.5. The first-order valence-electron chi connectivity index (χ1n) is 33.2. The maximum absolute atomic E-state index is 14.0. The van der Waals surface area contributed by atoms with Crippen LogP contribution in [0.3, 0.4) is 0 Å². The summed E-state index contributed by atoms with van der Waals surface area (Å²) in [5, 5.41) is 12.6. The number of methoxy groups -OCH3 is 2. The fraction of sp³-hybridized carbons (Fsp3) is 0.444. The number of hydrogen-bond acceptors (Lipinski definition) is 19. The van der Waals surface area contributed by atoms with Crippen molar-refractivity contribution >= 4 is 56.6 Å². The maximum Gasteiger partial charge on any atom is 0.418 e. The third-order valence-corrected chi connectivity index (χ3v) is 17.0. The Hall–Kier alpha value is -9.77. The minimum absolute atomic E-state index is 0.0633. The van der Waals surface area contributed by atoms with Crippen LogP contribution < -0.4 is 49.3 Å². The lowest BCUT2D eigenvalue weighted by atomic mass is 9.90. The largest absolute Gasteiger partial charge is 0.497 e. The molecule has 0 saturated heterocycles. The first-order chi connectivity index (χ1) is 47.2. The lowest BCUT2D eigenvalue weighted by Gasteiger charge is -2.32. The van der Waals surface area contributed by atoms with Gasteiger partial charge in [0.05, 0.1) is 75.8 Å². The van der Waals surface area contributed by atoms with Crippen molar-refractivity contribution in [1.82, 2.24) is 31.4 Å². The van der Waals surface area contributed by atoms with Crippen molar-refractivity contribution < 1.29 is 89.4 Å². The highest BCUT2D eigenvalue weighted by molar-refractivity contribution is 7.34. The predicted molar refractivity (Wildman–Crippen MR) is 366 cm³/mol. The van der Waals surface area contributed by atoms with Gasteiger partial charge in [0.15, 0.2) is 11.5 Å². The van der Waals surface area contributed by atoms with Crippen LogP contribution in [0, 0.1) is 11.8 Å². The monoisotopic (exact) mass is 1380 g/mol. The standard InChI is InChI=1S/C72H93N6O19P/c1-13-19-21-23-57(61(15-3)77(43-79)94-71(85)55-27-25-49(88-11)39-59(55)45(7)8)67(81)73-41-75-69(83)65-31-29-63(92-65)47-33-51(90-17-5)37-53(35-47)96-98(87)97-54-36-48(34-52(38-54)91-18-6)64-30-32-66(93-64)70(84)76-42-74-68(82)58(24-22-20-14-2)62(16-4)78(44-80)95-72(86)56-28-26-50(89-12)40-60(56)46(9)10/h25-40,43-46,57-58,61-62,98H,13-24,41-42H2,1-12H3,(H,73,81)(H,74,82)(H,75,83)(H,76,84)/t57-,58-,61-,62-/m1/s1. The number of rotatable bonds is 42. The molecule has 0 bridgehead atoms. The van der Waals surface area contributed by atoms with Crippen molar-refractivity contribution in [3.63, 3.8) is 0 Å². The van der Waals surface area contributed by atoms with E-state index in [1.54, 1.807) is 88.4 Å². The summed E-state index contributed by atoms with van der Waals surface area (Å²) < 4.78 is 59.8. The molecule has 0 radical (unpaired) electrons. The minimum atomic E-state index is -3.41. The van der Waals surface area contributed by atoms with Crippen LogP contribution in [0.4, 0.5) is 0 Å². The Bertz CT molecular complexity index is 3450. The second kappa shape index (κ2) is 38.8. The van der Waals surface area contributed by atoms with Crippen molar-refractivity contribution in [3.05, 3.63) is 131 Å². The first kappa shape index (κ1) is 77.2. The fourth-order valence-corrected chi connectivity index (χ4v) is 11.8. The number of unbranched alkanes of at least 4 members (excludes halogenated alkanes) is 4. The van der Waals surface area contributed by atoms with Gasteiger partial charge in [0.2, 0.25) is 24.6 Å². The summed E-state index contributed by atoms with van der Waals surface area (Å²) in [7, 11) is -0.369. The summed E-state index contributed by atoms with van der Waals surface area (Å²) in [5.41, 5.74) is 2.59. The summed E-state index contributed by atoms with van der Waals surface area (Å²) in [5.74, 6) is -3.55. The van der Waals surface area contributed by atoms with Gasteiger partial charge in [-0.15, -0.1) is 0 Å². The van der Waals surface area contributed by atoms with Gasteiger partial charge >= 0.3 is 20.2 Å². The molecule has 25 nitrogen and oxygen atoms in total. The third-order valence-electron chi connectivity index (χ3n) is 16.2. The predicted octanol–water partition coefficient (Wildman–Crippen LogP) is 13.1. The van der Waals surface area contributed by atoms with Gasteiger partial charge in [-0.25, -0.2) is 14.2 Å².